The van der Waals surface area contributed by atoms with E-state index in [1.807, 2.05) is 6.92 Å². The topological polar surface area (TPSA) is 30.9 Å². The van der Waals surface area contributed by atoms with Gasteiger partial charge in [-0.05, 0) is 32.9 Å². The van der Waals surface area contributed by atoms with Gasteiger partial charge in [0.2, 0.25) is 0 Å². The largest absolute Gasteiger partial charge is 0.381 e. The van der Waals surface area contributed by atoms with Gasteiger partial charge in [-0.15, -0.1) is 0 Å². The predicted molar refractivity (Wildman–Crippen MR) is 83.6 cm³/mol. The van der Waals surface area contributed by atoms with E-state index < -0.39 is 0 Å². The highest BCUT2D eigenvalue weighted by atomic mass is 28.2. The summed E-state index contributed by atoms with van der Waals surface area (Å²) in [5.74, 6) is 0. The summed E-state index contributed by atoms with van der Waals surface area (Å²) in [6.45, 7) is 11.6. The van der Waals surface area contributed by atoms with Crippen molar-refractivity contribution in [3.05, 3.63) is 0 Å². The van der Waals surface area contributed by atoms with E-state index in [-0.39, 0.29) is 14.9 Å². The van der Waals surface area contributed by atoms with Crippen LogP contribution in [0.25, 0.3) is 0 Å². The summed E-state index contributed by atoms with van der Waals surface area (Å²) in [5, 5.41) is 0. The van der Waals surface area contributed by atoms with E-state index in [9.17, 15) is 0 Å². The Morgan fingerprint density at radius 3 is 2.11 bits per heavy atom. The molecule has 0 rings (SSSR count). The van der Waals surface area contributed by atoms with Gasteiger partial charge in [-0.1, -0.05) is 19.9 Å². The molecule has 0 atom stereocenters. The third kappa shape index (κ3) is 9.57. The lowest BCUT2D eigenvalue weighted by Gasteiger charge is -2.26. The molecule has 0 amide bonds. The van der Waals surface area contributed by atoms with Crippen molar-refractivity contribution >= 4 is 9.52 Å². The summed E-state index contributed by atoms with van der Waals surface area (Å²) in [6.07, 6.45) is 2.26. The van der Waals surface area contributed by atoms with E-state index >= 15 is 0 Å². The van der Waals surface area contributed by atoms with Crippen LogP contribution in [-0.4, -0.2) is 66.9 Å². The first-order chi connectivity index (χ1) is 9.11. The van der Waals surface area contributed by atoms with Crippen LogP contribution in [0, 0.1) is 0 Å². The Balaban J connectivity index is 3.36. The molecule has 0 spiro atoms. The molecule has 19 heavy (non-hydrogen) atoms. The van der Waals surface area contributed by atoms with Crippen molar-refractivity contribution in [2.24, 2.45) is 0 Å². The highest BCUT2D eigenvalue weighted by Gasteiger charge is 2.21. The molecule has 0 bridgehead atoms. The fourth-order valence-electron chi connectivity index (χ4n) is 1.97. The van der Waals surface area contributed by atoms with Gasteiger partial charge in [0, 0.05) is 34.0 Å². The number of ether oxygens (including phenoxy) is 3. The van der Waals surface area contributed by atoms with Crippen LogP contribution >= 0.6 is 0 Å². The SMILES string of the molecule is CCN(CC)CCCOCCC[SiH2]C(C)(OC)OC. The molecule has 0 aliphatic rings. The second-order valence-corrected chi connectivity index (χ2v) is 7.48. The average molecular weight is 292 g/mol. The van der Waals surface area contributed by atoms with E-state index in [0.29, 0.717) is 0 Å². The molecule has 0 aliphatic carbocycles. The molecule has 116 valence electrons. The van der Waals surface area contributed by atoms with Crippen molar-refractivity contribution in [1.82, 2.24) is 4.90 Å². The van der Waals surface area contributed by atoms with Gasteiger partial charge >= 0.3 is 0 Å². The van der Waals surface area contributed by atoms with Crippen LogP contribution in [0.2, 0.25) is 6.04 Å². The van der Waals surface area contributed by atoms with Crippen LogP contribution in [0.1, 0.15) is 33.6 Å². The quantitative estimate of drug-likeness (QED) is 0.293. The Hall–Kier alpha value is 0.0569. The first-order valence-electron chi connectivity index (χ1n) is 7.52. The van der Waals surface area contributed by atoms with Crippen molar-refractivity contribution in [1.29, 1.82) is 0 Å². The molecule has 0 aromatic rings. The zero-order valence-electron chi connectivity index (χ0n) is 13.5. The molecule has 0 fully saturated rings. The molecule has 0 aromatic carbocycles. The summed E-state index contributed by atoms with van der Waals surface area (Å²) in [6, 6.07) is 1.20. The molecule has 0 aliphatic heterocycles. The number of methoxy groups -OCH3 is 2. The normalized spacial score (nSPS) is 12.9. The summed E-state index contributed by atoms with van der Waals surface area (Å²) in [4.78, 5) is 2.43. The lowest BCUT2D eigenvalue weighted by molar-refractivity contribution is -0.130. The molecular formula is C14H33NO3Si. The Kier molecular flexibility index (Phi) is 11.9. The molecular weight excluding hydrogens is 258 g/mol. The molecule has 0 saturated carbocycles. The summed E-state index contributed by atoms with van der Waals surface area (Å²) >= 11 is 0. The molecule has 0 radical (unpaired) electrons. The Labute approximate surface area is 121 Å². The molecule has 4 nitrogen and oxygen atoms in total. The van der Waals surface area contributed by atoms with Crippen LogP contribution in [-0.2, 0) is 14.2 Å². The van der Waals surface area contributed by atoms with E-state index in [0.717, 1.165) is 45.7 Å². The highest BCUT2D eigenvalue weighted by molar-refractivity contribution is 6.38. The second-order valence-electron chi connectivity index (χ2n) is 4.99. The van der Waals surface area contributed by atoms with Crippen LogP contribution in [0.15, 0.2) is 0 Å². The molecule has 0 unspecified atom stereocenters. The zero-order valence-corrected chi connectivity index (χ0v) is 15.0. The predicted octanol–water partition coefficient (Wildman–Crippen LogP) is 1.68. The van der Waals surface area contributed by atoms with Crippen molar-refractivity contribution in [2.75, 3.05) is 47.1 Å². The fourth-order valence-corrected chi connectivity index (χ4v) is 3.47. The minimum atomic E-state index is -0.364. The third-order valence-corrected chi connectivity index (χ3v) is 6.03. The zero-order chi connectivity index (χ0) is 14.6. The minimum Gasteiger partial charge on any atom is -0.381 e. The smallest absolute Gasteiger partial charge is 0.141 e. The first kappa shape index (κ1) is 19.1. The lowest BCUT2D eigenvalue weighted by atomic mass is 10.4. The maximum atomic E-state index is 5.67. The molecule has 0 aromatic heterocycles. The van der Waals surface area contributed by atoms with Crippen LogP contribution in [0.5, 0.6) is 0 Å². The van der Waals surface area contributed by atoms with Crippen molar-refractivity contribution in [3.8, 4) is 0 Å². The molecule has 0 saturated heterocycles. The standard InChI is InChI=1S/C14H33NO3Si/c1-6-15(7-2)10-8-11-18-12-9-13-19-14(3,16-4)17-5/h6-13,19H2,1-5H3. The maximum Gasteiger partial charge on any atom is 0.141 e. The average Bonchev–Trinajstić information content (AvgIpc) is 2.45. The Morgan fingerprint density at radius 2 is 1.58 bits per heavy atom. The van der Waals surface area contributed by atoms with Crippen LogP contribution in [0.4, 0.5) is 0 Å². The highest BCUT2D eigenvalue weighted by Crippen LogP contribution is 2.10. The van der Waals surface area contributed by atoms with Gasteiger partial charge in [-0.3, -0.25) is 0 Å². The van der Waals surface area contributed by atoms with Gasteiger partial charge in [0.25, 0.3) is 0 Å². The van der Waals surface area contributed by atoms with Gasteiger partial charge in [0.1, 0.15) is 5.41 Å². The molecule has 5 heteroatoms. The summed E-state index contributed by atoms with van der Waals surface area (Å²) in [7, 11) is 3.08. The Bertz CT molecular complexity index is 197. The summed E-state index contributed by atoms with van der Waals surface area (Å²) < 4.78 is 16.4. The number of hydrogen-bond acceptors (Lipinski definition) is 4. The first-order valence-corrected chi connectivity index (χ1v) is 9.23. The maximum absolute atomic E-state index is 5.67. The van der Waals surface area contributed by atoms with Crippen molar-refractivity contribution in [3.63, 3.8) is 0 Å². The van der Waals surface area contributed by atoms with Crippen molar-refractivity contribution in [2.45, 2.75) is 45.1 Å². The number of nitrogens with zero attached hydrogens (tertiary/aromatic N) is 1. The van der Waals surface area contributed by atoms with E-state index in [2.05, 4.69) is 18.7 Å². The monoisotopic (exact) mass is 291 g/mol. The van der Waals surface area contributed by atoms with E-state index in [1.54, 1.807) is 14.2 Å². The van der Waals surface area contributed by atoms with Crippen LogP contribution < -0.4 is 0 Å². The number of hydrogen-bond donors (Lipinski definition) is 0. The lowest BCUT2D eigenvalue weighted by Crippen LogP contribution is -2.36. The van der Waals surface area contributed by atoms with Gasteiger partial charge in [0.15, 0.2) is 0 Å². The Morgan fingerprint density at radius 1 is 1.00 bits per heavy atom. The second kappa shape index (κ2) is 11.8. The van der Waals surface area contributed by atoms with Gasteiger partial charge in [-0.2, -0.15) is 0 Å². The fraction of sp³-hybridized carbons (Fsp3) is 1.00. The summed E-state index contributed by atoms with van der Waals surface area (Å²) in [5.41, 5.74) is -0.303. The van der Waals surface area contributed by atoms with Crippen LogP contribution in [0.3, 0.4) is 0 Å². The van der Waals surface area contributed by atoms with Gasteiger partial charge in [-0.25, -0.2) is 0 Å². The van der Waals surface area contributed by atoms with E-state index in [4.69, 9.17) is 14.2 Å². The molecule has 0 N–H and O–H groups in total. The van der Waals surface area contributed by atoms with Gasteiger partial charge in [0.05, 0.1) is 9.52 Å². The van der Waals surface area contributed by atoms with Gasteiger partial charge < -0.3 is 19.1 Å². The minimum absolute atomic E-state index is 0.303. The third-order valence-electron chi connectivity index (χ3n) is 3.69. The molecule has 0 heterocycles. The van der Waals surface area contributed by atoms with E-state index in [1.165, 1.54) is 6.04 Å². The van der Waals surface area contributed by atoms with Crippen molar-refractivity contribution < 1.29 is 14.2 Å². The number of rotatable bonds is 13.